The van der Waals surface area contributed by atoms with Gasteiger partial charge >= 0.3 is 0 Å². The van der Waals surface area contributed by atoms with Crippen molar-refractivity contribution in [2.24, 2.45) is 0 Å². The predicted octanol–water partition coefficient (Wildman–Crippen LogP) is 3.90. The van der Waals surface area contributed by atoms with Crippen LogP contribution in [0.3, 0.4) is 0 Å². The Kier molecular flexibility index (Phi) is 6.60. The van der Waals surface area contributed by atoms with Crippen LogP contribution in [0.4, 0.5) is 14.5 Å². The monoisotopic (exact) mass is 364 g/mol. The van der Waals surface area contributed by atoms with Crippen molar-refractivity contribution in [3.8, 4) is 17.6 Å². The van der Waals surface area contributed by atoms with Gasteiger partial charge in [0.25, 0.3) is 11.7 Å². The Morgan fingerprint density at radius 3 is 2.72 bits per heavy atom. The first-order chi connectivity index (χ1) is 12.0. The third kappa shape index (κ3) is 5.36. The van der Waals surface area contributed by atoms with E-state index in [0.717, 1.165) is 0 Å². The van der Waals surface area contributed by atoms with Crippen LogP contribution < -0.4 is 14.8 Å². The number of amides is 1. The van der Waals surface area contributed by atoms with Crippen LogP contribution in [0.5, 0.6) is 11.5 Å². The van der Waals surface area contributed by atoms with E-state index in [1.54, 1.807) is 12.1 Å². The summed E-state index contributed by atoms with van der Waals surface area (Å²) in [6, 6.07) is 12.8. The number of methoxy groups -OCH3 is 1. The molecule has 0 unspecified atom stereocenters. The summed E-state index contributed by atoms with van der Waals surface area (Å²) in [6.45, 7) is -0.337. The Bertz CT molecular complexity index is 794. The number of rotatable bonds is 7. The van der Waals surface area contributed by atoms with Crippen LogP contribution >= 0.6 is 11.8 Å². The molecular formula is C17H14F2N2O3S. The SMILES string of the molecule is COc1cc(C#N)ccc1OCC(=O)Nc1ccccc1SC(F)F. The van der Waals surface area contributed by atoms with Gasteiger partial charge in [0.05, 0.1) is 24.4 Å². The Labute approximate surface area is 147 Å². The number of nitrogens with one attached hydrogen (secondary N) is 1. The van der Waals surface area contributed by atoms with Crippen molar-refractivity contribution >= 4 is 23.4 Å². The van der Waals surface area contributed by atoms with E-state index in [0.29, 0.717) is 28.8 Å². The number of carbonyl (C=O) groups excluding carboxylic acids is 1. The molecule has 0 heterocycles. The second-order valence-corrected chi connectivity index (χ2v) is 5.72. The van der Waals surface area contributed by atoms with Gasteiger partial charge in [0, 0.05) is 11.0 Å². The molecule has 2 rings (SSSR count). The van der Waals surface area contributed by atoms with Gasteiger partial charge in [-0.15, -0.1) is 0 Å². The molecule has 0 aliphatic rings. The van der Waals surface area contributed by atoms with E-state index in [2.05, 4.69) is 5.32 Å². The van der Waals surface area contributed by atoms with Crippen LogP contribution in [-0.2, 0) is 4.79 Å². The molecule has 2 aromatic carbocycles. The Balaban J connectivity index is 2.01. The quantitative estimate of drug-likeness (QED) is 0.755. The number of ether oxygens (including phenoxy) is 2. The first kappa shape index (κ1) is 18.5. The average Bonchev–Trinajstić information content (AvgIpc) is 2.61. The molecule has 1 amide bonds. The molecule has 0 spiro atoms. The first-order valence-electron chi connectivity index (χ1n) is 7.08. The maximum Gasteiger partial charge on any atom is 0.288 e. The number of halogens is 2. The van der Waals surface area contributed by atoms with Gasteiger partial charge in [-0.2, -0.15) is 14.0 Å². The van der Waals surface area contributed by atoms with E-state index >= 15 is 0 Å². The number of alkyl halides is 2. The largest absolute Gasteiger partial charge is 0.493 e. The van der Waals surface area contributed by atoms with Crippen molar-refractivity contribution < 1.29 is 23.0 Å². The van der Waals surface area contributed by atoms with E-state index in [-0.39, 0.29) is 17.2 Å². The Morgan fingerprint density at radius 1 is 1.28 bits per heavy atom. The number of benzene rings is 2. The number of hydrogen-bond acceptors (Lipinski definition) is 5. The number of anilines is 1. The van der Waals surface area contributed by atoms with Crippen molar-refractivity contribution in [3.63, 3.8) is 0 Å². The number of nitriles is 1. The summed E-state index contributed by atoms with van der Waals surface area (Å²) >= 11 is 0.352. The molecule has 0 saturated carbocycles. The lowest BCUT2D eigenvalue weighted by Crippen LogP contribution is -2.20. The highest BCUT2D eigenvalue weighted by atomic mass is 32.2. The highest BCUT2D eigenvalue weighted by Gasteiger charge is 2.13. The average molecular weight is 364 g/mol. The first-order valence-corrected chi connectivity index (χ1v) is 7.96. The number of hydrogen-bond donors (Lipinski definition) is 1. The number of para-hydroxylation sites is 1. The predicted molar refractivity (Wildman–Crippen MR) is 90.1 cm³/mol. The standard InChI is InChI=1S/C17H14F2N2O3S/c1-23-14-8-11(9-20)6-7-13(14)24-10-16(22)21-12-4-2-3-5-15(12)25-17(18)19/h2-8,17H,10H2,1H3,(H,21,22). The second-order valence-electron chi connectivity index (χ2n) is 4.69. The van der Waals surface area contributed by atoms with E-state index in [1.165, 1.54) is 37.4 Å². The summed E-state index contributed by atoms with van der Waals surface area (Å²) in [5, 5.41) is 11.4. The fraction of sp³-hybridized carbons (Fsp3) is 0.176. The van der Waals surface area contributed by atoms with Crippen LogP contribution in [0, 0.1) is 11.3 Å². The van der Waals surface area contributed by atoms with E-state index in [1.807, 2.05) is 6.07 Å². The smallest absolute Gasteiger partial charge is 0.288 e. The summed E-state index contributed by atoms with van der Waals surface area (Å²) in [5.41, 5.74) is 0.680. The summed E-state index contributed by atoms with van der Waals surface area (Å²) in [7, 11) is 1.42. The van der Waals surface area contributed by atoms with Gasteiger partial charge in [0.15, 0.2) is 18.1 Å². The summed E-state index contributed by atoms with van der Waals surface area (Å²) in [4.78, 5) is 12.3. The maximum absolute atomic E-state index is 12.5. The highest BCUT2D eigenvalue weighted by molar-refractivity contribution is 7.99. The highest BCUT2D eigenvalue weighted by Crippen LogP contribution is 2.32. The van der Waals surface area contributed by atoms with Crippen LogP contribution in [0.1, 0.15) is 5.56 Å². The van der Waals surface area contributed by atoms with Crippen LogP contribution in [-0.4, -0.2) is 25.4 Å². The lowest BCUT2D eigenvalue weighted by Gasteiger charge is -2.12. The van der Waals surface area contributed by atoms with Crippen molar-refractivity contribution in [2.75, 3.05) is 19.0 Å². The third-order valence-electron chi connectivity index (χ3n) is 3.03. The zero-order chi connectivity index (χ0) is 18.2. The molecule has 0 bridgehead atoms. The molecule has 2 aromatic rings. The summed E-state index contributed by atoms with van der Waals surface area (Å²) in [6.07, 6.45) is 0. The van der Waals surface area contributed by atoms with Crippen LogP contribution in [0.15, 0.2) is 47.4 Å². The van der Waals surface area contributed by atoms with E-state index < -0.39 is 11.7 Å². The number of nitrogens with zero attached hydrogens (tertiary/aromatic N) is 1. The second kappa shape index (κ2) is 8.89. The molecule has 0 saturated heterocycles. The Morgan fingerprint density at radius 2 is 2.04 bits per heavy atom. The van der Waals surface area contributed by atoms with E-state index in [4.69, 9.17) is 14.7 Å². The van der Waals surface area contributed by atoms with Crippen molar-refractivity contribution in [2.45, 2.75) is 10.7 Å². The van der Waals surface area contributed by atoms with E-state index in [9.17, 15) is 13.6 Å². The zero-order valence-electron chi connectivity index (χ0n) is 13.2. The lowest BCUT2D eigenvalue weighted by atomic mass is 10.2. The molecule has 130 valence electrons. The summed E-state index contributed by atoms with van der Waals surface area (Å²) < 4.78 is 35.6. The zero-order valence-corrected chi connectivity index (χ0v) is 14.0. The molecule has 5 nitrogen and oxygen atoms in total. The van der Waals surface area contributed by atoms with Gasteiger partial charge in [-0.25, -0.2) is 0 Å². The van der Waals surface area contributed by atoms with Crippen LogP contribution in [0.2, 0.25) is 0 Å². The Hall–Kier alpha value is -2.79. The van der Waals surface area contributed by atoms with Gasteiger partial charge in [-0.1, -0.05) is 23.9 Å². The van der Waals surface area contributed by atoms with Gasteiger partial charge < -0.3 is 14.8 Å². The molecule has 1 N–H and O–H groups in total. The van der Waals surface area contributed by atoms with Crippen molar-refractivity contribution in [1.82, 2.24) is 0 Å². The molecule has 0 radical (unpaired) electrons. The normalized spacial score (nSPS) is 10.2. The minimum Gasteiger partial charge on any atom is -0.493 e. The topological polar surface area (TPSA) is 71.3 Å². The van der Waals surface area contributed by atoms with Gasteiger partial charge in [-0.05, 0) is 24.3 Å². The minimum absolute atomic E-state index is 0.266. The number of thioether (sulfide) groups is 1. The molecule has 0 aliphatic heterocycles. The fourth-order valence-corrected chi connectivity index (χ4v) is 2.55. The molecule has 25 heavy (non-hydrogen) atoms. The third-order valence-corrected chi connectivity index (χ3v) is 3.82. The van der Waals surface area contributed by atoms with Gasteiger partial charge in [-0.3, -0.25) is 4.79 Å². The molecule has 0 aliphatic carbocycles. The fourth-order valence-electron chi connectivity index (χ4n) is 1.95. The van der Waals surface area contributed by atoms with Crippen molar-refractivity contribution in [1.29, 1.82) is 5.26 Å². The molecule has 8 heteroatoms. The maximum atomic E-state index is 12.5. The molecular weight excluding hydrogens is 350 g/mol. The molecule has 0 fully saturated rings. The van der Waals surface area contributed by atoms with Gasteiger partial charge in [0.2, 0.25) is 0 Å². The van der Waals surface area contributed by atoms with Gasteiger partial charge in [0.1, 0.15) is 0 Å². The van der Waals surface area contributed by atoms with Crippen LogP contribution in [0.25, 0.3) is 0 Å². The molecule has 0 aromatic heterocycles. The van der Waals surface area contributed by atoms with Crippen molar-refractivity contribution in [3.05, 3.63) is 48.0 Å². The lowest BCUT2D eigenvalue weighted by molar-refractivity contribution is -0.118. The summed E-state index contributed by atoms with van der Waals surface area (Å²) in [5.74, 6) is -2.47. The number of carbonyl (C=O) groups is 1. The minimum atomic E-state index is -2.59. The molecule has 0 atom stereocenters.